The van der Waals surface area contributed by atoms with E-state index in [2.05, 4.69) is 11.6 Å². The zero-order valence-corrected chi connectivity index (χ0v) is 4.56. The third kappa shape index (κ3) is 1.56. The van der Waals surface area contributed by atoms with Gasteiger partial charge in [-0.05, 0) is 11.6 Å². The van der Waals surface area contributed by atoms with E-state index in [9.17, 15) is 23.7 Å². The molecule has 0 aliphatic carbocycles. The van der Waals surface area contributed by atoms with Gasteiger partial charge < -0.3 is 0 Å². The molecule has 0 bridgehead atoms. The maximum atomic E-state index is 11.5. The van der Waals surface area contributed by atoms with E-state index in [4.69, 9.17) is 0 Å². The minimum Gasteiger partial charge on any atom is -0.266 e. The summed E-state index contributed by atoms with van der Waals surface area (Å²) in [5, 5.41) is 6.93. The Kier molecular flexibility index (Phi) is 2.03. The van der Waals surface area contributed by atoms with E-state index >= 15 is 0 Å². The molecule has 0 heterocycles. The topological polar surface area (TPSA) is 60.2 Å². The van der Waals surface area contributed by atoms with E-state index in [1.165, 1.54) is 0 Å². The number of rotatable bonds is 2. The highest BCUT2D eigenvalue weighted by Crippen LogP contribution is 2.16. The van der Waals surface area contributed by atoms with Gasteiger partial charge in [-0.25, -0.2) is 0 Å². The van der Waals surface area contributed by atoms with Gasteiger partial charge >= 0.3 is 11.3 Å². The van der Waals surface area contributed by atoms with Crippen LogP contribution in [0.3, 0.4) is 0 Å². The van der Waals surface area contributed by atoms with E-state index in [1.54, 1.807) is 0 Å². The second kappa shape index (κ2) is 2.22. The molecule has 0 aliphatic rings. The molecule has 0 amide bonds. The maximum absolute atomic E-state index is 11.5. The van der Waals surface area contributed by atoms with Crippen LogP contribution in [0.5, 0.6) is 0 Å². The molecular weight excluding hydrogens is 159 g/mol. The lowest BCUT2D eigenvalue weighted by molar-refractivity contribution is -0.620. The Hall–Kier alpha value is -0.780. The highest BCUT2D eigenvalue weighted by molar-refractivity contribution is 6.64. The van der Waals surface area contributed by atoms with Gasteiger partial charge in [0.1, 0.15) is 4.92 Å². The Balaban J connectivity index is 4.38. The molecule has 0 fully saturated rings. The number of carbonyl (C=O) groups excluding carboxylic acids is 1. The standard InChI is InChI=1S/C2ClF2NO3/c3-1(7)2(4,5)6(8)9. The fraction of sp³-hybridized carbons (Fsp3) is 0.500. The molecule has 0 saturated heterocycles. The summed E-state index contributed by atoms with van der Waals surface area (Å²) in [5.74, 6) is 0. The first-order valence-electron chi connectivity index (χ1n) is 1.61. The number of carbonyl (C=O) groups is 1. The molecule has 0 aromatic rings. The average molecular weight is 159 g/mol. The molecule has 0 unspecified atom stereocenters. The van der Waals surface area contributed by atoms with Crippen molar-refractivity contribution in [3.8, 4) is 0 Å². The summed E-state index contributed by atoms with van der Waals surface area (Å²) in [6.45, 7) is 0. The minimum atomic E-state index is -4.65. The Morgan fingerprint density at radius 2 is 2.00 bits per heavy atom. The Morgan fingerprint density at radius 3 is 2.00 bits per heavy atom. The highest BCUT2D eigenvalue weighted by atomic mass is 35.5. The van der Waals surface area contributed by atoms with Gasteiger partial charge in [-0.2, -0.15) is 0 Å². The lowest BCUT2D eigenvalue weighted by Gasteiger charge is -1.97. The van der Waals surface area contributed by atoms with Crippen molar-refractivity contribution in [2.45, 2.75) is 6.05 Å². The van der Waals surface area contributed by atoms with Crippen molar-refractivity contribution < 1.29 is 18.5 Å². The van der Waals surface area contributed by atoms with Gasteiger partial charge in [0, 0.05) is 0 Å². The van der Waals surface area contributed by atoms with Crippen LogP contribution in [0.4, 0.5) is 8.78 Å². The third-order valence-corrected chi connectivity index (χ3v) is 0.693. The second-order valence-electron chi connectivity index (χ2n) is 1.07. The van der Waals surface area contributed by atoms with Crippen LogP contribution >= 0.6 is 11.6 Å². The Labute approximate surface area is 52.6 Å². The molecule has 0 rings (SSSR count). The first-order chi connectivity index (χ1) is 3.89. The predicted molar refractivity (Wildman–Crippen MR) is 22.8 cm³/mol. The summed E-state index contributed by atoms with van der Waals surface area (Å²) >= 11 is 4.13. The molecule has 0 aromatic carbocycles. The summed E-state index contributed by atoms with van der Waals surface area (Å²) in [7, 11) is 0. The van der Waals surface area contributed by atoms with Crippen molar-refractivity contribution in [1.29, 1.82) is 0 Å². The molecule has 0 aromatic heterocycles. The van der Waals surface area contributed by atoms with E-state index in [-0.39, 0.29) is 0 Å². The van der Waals surface area contributed by atoms with Gasteiger partial charge in [0.05, 0.1) is 0 Å². The van der Waals surface area contributed by atoms with E-state index in [1.807, 2.05) is 0 Å². The fourth-order valence-electron chi connectivity index (χ4n) is 0.0718. The van der Waals surface area contributed by atoms with Crippen LogP contribution in [-0.2, 0) is 4.79 Å². The molecule has 0 spiro atoms. The monoisotopic (exact) mass is 159 g/mol. The first-order valence-corrected chi connectivity index (χ1v) is 1.99. The van der Waals surface area contributed by atoms with Gasteiger partial charge in [-0.3, -0.25) is 14.9 Å². The average Bonchev–Trinajstić information content (AvgIpc) is 1.65. The maximum Gasteiger partial charge on any atom is 0.588 e. The van der Waals surface area contributed by atoms with Crippen molar-refractivity contribution >= 4 is 16.8 Å². The number of hydrogen-bond acceptors (Lipinski definition) is 3. The summed E-state index contributed by atoms with van der Waals surface area (Å²) < 4.78 is 23.0. The number of nitrogens with zero attached hydrogens (tertiary/aromatic N) is 1. The highest BCUT2D eigenvalue weighted by Gasteiger charge is 2.52. The summed E-state index contributed by atoms with van der Waals surface area (Å²) in [5.41, 5.74) is 0. The Morgan fingerprint density at radius 1 is 1.67 bits per heavy atom. The van der Waals surface area contributed by atoms with Crippen molar-refractivity contribution in [3.05, 3.63) is 10.1 Å². The summed E-state index contributed by atoms with van der Waals surface area (Å²) in [6.07, 6.45) is 0. The quantitative estimate of drug-likeness (QED) is 0.257. The molecule has 0 aliphatic heterocycles. The lowest BCUT2D eigenvalue weighted by atomic mass is 10.6. The number of hydrogen-bond donors (Lipinski definition) is 0. The van der Waals surface area contributed by atoms with Crippen molar-refractivity contribution in [3.63, 3.8) is 0 Å². The molecular formula is C2ClF2NO3. The third-order valence-electron chi connectivity index (χ3n) is 0.466. The van der Waals surface area contributed by atoms with Crippen molar-refractivity contribution in [1.82, 2.24) is 0 Å². The summed E-state index contributed by atoms with van der Waals surface area (Å²) in [4.78, 5) is 16.6. The van der Waals surface area contributed by atoms with Crippen LogP contribution in [0.15, 0.2) is 0 Å². The van der Waals surface area contributed by atoms with Crippen LogP contribution in [-0.4, -0.2) is 16.2 Å². The van der Waals surface area contributed by atoms with Gasteiger partial charge in [-0.1, -0.05) is 0 Å². The van der Waals surface area contributed by atoms with Crippen LogP contribution in [0, 0.1) is 10.1 Å². The smallest absolute Gasteiger partial charge is 0.266 e. The zero-order valence-electron chi connectivity index (χ0n) is 3.81. The van der Waals surface area contributed by atoms with E-state index in [0.717, 1.165) is 0 Å². The molecule has 0 N–H and O–H groups in total. The van der Waals surface area contributed by atoms with Crippen molar-refractivity contribution in [2.75, 3.05) is 0 Å². The SMILES string of the molecule is O=C(Cl)C(F)(F)[N+](=O)[O-]. The second-order valence-corrected chi connectivity index (χ2v) is 1.42. The van der Waals surface area contributed by atoms with E-state index in [0.29, 0.717) is 0 Å². The molecule has 0 radical (unpaired) electrons. The largest absolute Gasteiger partial charge is 0.588 e. The summed E-state index contributed by atoms with van der Waals surface area (Å²) in [6, 6.07) is -4.65. The fourth-order valence-corrected chi connectivity index (χ4v) is 0.141. The van der Waals surface area contributed by atoms with Gasteiger partial charge in [0.15, 0.2) is 0 Å². The number of alkyl halides is 2. The van der Waals surface area contributed by atoms with Crippen LogP contribution < -0.4 is 0 Å². The minimum absolute atomic E-state index is 2.05. The normalized spacial score (nSPS) is 11.0. The molecule has 52 valence electrons. The zero-order chi connectivity index (χ0) is 7.65. The lowest BCUT2D eigenvalue weighted by Crippen LogP contribution is -2.33. The van der Waals surface area contributed by atoms with Crippen LogP contribution in [0.1, 0.15) is 0 Å². The van der Waals surface area contributed by atoms with Crippen LogP contribution in [0.2, 0.25) is 0 Å². The van der Waals surface area contributed by atoms with Gasteiger partial charge in [-0.15, -0.1) is 8.78 Å². The number of halogens is 3. The Bertz CT molecular complexity index is 142. The van der Waals surface area contributed by atoms with Gasteiger partial charge in [0.2, 0.25) is 0 Å². The molecule has 7 heteroatoms. The van der Waals surface area contributed by atoms with Gasteiger partial charge in [0.25, 0.3) is 0 Å². The molecule has 9 heavy (non-hydrogen) atoms. The number of nitro groups is 1. The molecule has 4 nitrogen and oxygen atoms in total. The van der Waals surface area contributed by atoms with Crippen molar-refractivity contribution in [2.24, 2.45) is 0 Å². The van der Waals surface area contributed by atoms with Crippen LogP contribution in [0.25, 0.3) is 0 Å². The van der Waals surface area contributed by atoms with E-state index < -0.39 is 16.2 Å². The predicted octanol–water partition coefficient (Wildman–Crippen LogP) is 0.621. The first kappa shape index (κ1) is 8.22. The molecule has 0 atom stereocenters. The molecule has 0 saturated carbocycles.